The maximum absolute atomic E-state index is 15.2. The normalized spacial score (nSPS) is 11.2. The lowest BCUT2D eigenvalue weighted by molar-refractivity contribution is 0.381. The van der Waals surface area contributed by atoms with Gasteiger partial charge < -0.3 is 0 Å². The molecule has 9 aromatic rings. The molecule has 0 aliphatic rings. The van der Waals surface area contributed by atoms with E-state index in [1.54, 1.807) is 54.6 Å². The van der Waals surface area contributed by atoms with Crippen LogP contribution in [-0.2, 0) is 0 Å². The van der Waals surface area contributed by atoms with E-state index in [0.29, 0.717) is 66.8 Å². The predicted octanol–water partition coefficient (Wildman–Crippen LogP) is 12.1. The largest absolute Gasteiger partial charge is 0.247 e. The summed E-state index contributed by atoms with van der Waals surface area (Å²) in [6, 6.07) is 42.8. The van der Waals surface area contributed by atoms with Gasteiger partial charge in [-0.1, -0.05) is 91.0 Å². The minimum atomic E-state index is -2.25. The highest BCUT2D eigenvalue weighted by atomic mass is 19.2. The Kier molecular flexibility index (Phi) is 8.45. The molecule has 0 radical (unpaired) electrons. The zero-order chi connectivity index (χ0) is 39.4. The van der Waals surface area contributed by atoms with Crippen molar-refractivity contribution in [2.24, 2.45) is 0 Å². The Hall–Kier alpha value is -7.82. The van der Waals surface area contributed by atoms with Crippen molar-refractivity contribution in [3.63, 3.8) is 0 Å². The smallest absolute Gasteiger partial charge is 0.200 e. The first kappa shape index (κ1) is 34.9. The van der Waals surface area contributed by atoms with Gasteiger partial charge in [-0.3, -0.25) is 0 Å². The summed E-state index contributed by atoms with van der Waals surface area (Å²) in [5, 5.41) is 21.1. The number of para-hydroxylation sites is 1. The Morgan fingerprint density at radius 2 is 0.930 bits per heavy atom. The van der Waals surface area contributed by atoms with Gasteiger partial charge in [-0.25, -0.2) is 36.9 Å². The van der Waals surface area contributed by atoms with Crippen molar-refractivity contribution < 1.29 is 22.0 Å². The maximum Gasteiger partial charge on any atom is 0.200 e. The lowest BCUT2D eigenvalue weighted by atomic mass is 9.90. The van der Waals surface area contributed by atoms with E-state index in [1.807, 2.05) is 60.7 Å². The van der Waals surface area contributed by atoms with E-state index in [-0.39, 0.29) is 5.56 Å². The lowest BCUT2D eigenvalue weighted by Crippen LogP contribution is -2.04. The van der Waals surface area contributed by atoms with Gasteiger partial charge in [0.25, 0.3) is 0 Å². The molecule has 2 heterocycles. The molecule has 0 saturated carbocycles. The minimum Gasteiger partial charge on any atom is -0.247 e. The molecular weight excluding hydrogens is 730 g/mol. The van der Waals surface area contributed by atoms with Crippen molar-refractivity contribution in [3.8, 4) is 68.2 Å². The molecule has 7 aromatic carbocycles. The molecule has 5 nitrogen and oxygen atoms in total. The molecule has 0 bridgehead atoms. The quantitative estimate of drug-likeness (QED) is 0.0756. The van der Waals surface area contributed by atoms with Crippen molar-refractivity contribution in [1.82, 2.24) is 15.0 Å². The molecule has 10 heteroatoms. The lowest BCUT2D eigenvalue weighted by Gasteiger charge is -2.18. The van der Waals surface area contributed by atoms with E-state index < -0.39 is 34.6 Å². The molecule has 0 unspecified atom stereocenters. The summed E-state index contributed by atoms with van der Waals surface area (Å²) in [5.41, 5.74) is 5.58. The van der Waals surface area contributed by atoms with E-state index in [1.165, 1.54) is 18.2 Å². The average Bonchev–Trinajstić information content (AvgIpc) is 3.27. The zero-order valence-electron chi connectivity index (χ0n) is 29.3. The van der Waals surface area contributed by atoms with Crippen LogP contribution in [0.15, 0.2) is 133 Å². The average molecular weight is 752 g/mol. The Balaban J connectivity index is 1.44. The molecule has 2 aromatic heterocycles. The zero-order valence-corrected chi connectivity index (χ0v) is 29.3. The summed E-state index contributed by atoms with van der Waals surface area (Å²) in [7, 11) is 0. The molecule has 0 N–H and O–H groups in total. The second-order valence-electron chi connectivity index (χ2n) is 13.2. The van der Waals surface area contributed by atoms with Crippen molar-refractivity contribution in [2.45, 2.75) is 0 Å². The van der Waals surface area contributed by atoms with Crippen LogP contribution in [-0.4, -0.2) is 15.0 Å². The van der Waals surface area contributed by atoms with Crippen LogP contribution in [0.25, 0.3) is 88.7 Å². The highest BCUT2D eigenvalue weighted by Gasteiger charge is 2.28. The monoisotopic (exact) mass is 751 g/mol. The third-order valence-corrected chi connectivity index (χ3v) is 9.90. The number of hydrogen-bond donors (Lipinski definition) is 0. The number of pyridine rings is 1. The van der Waals surface area contributed by atoms with E-state index in [2.05, 4.69) is 12.1 Å². The third-order valence-electron chi connectivity index (χ3n) is 9.90. The molecule has 0 fully saturated rings. The standard InChI is InChI=1S/C47H22F5N5/c48-39-36(40(49)42(51)43(52)41(39)50)30-9-6-10-31(21-30)44-38-37(32-11-4-5-12-34(32)55-44)33(27-7-2-1-3-8-27)22-35-47(38)57-46(29-19-15-26(24-54)16-20-29)45(56-35)28-17-13-25(23-53)14-18-28/h1-22H. The third kappa shape index (κ3) is 5.79. The number of rotatable bonds is 5. The number of nitrogens with zero attached hydrogens (tertiary/aromatic N) is 5. The molecule has 9 rings (SSSR count). The maximum atomic E-state index is 15.2. The molecule has 0 amide bonds. The van der Waals surface area contributed by atoms with E-state index in [0.717, 1.165) is 21.9 Å². The first-order valence-corrected chi connectivity index (χ1v) is 17.5. The van der Waals surface area contributed by atoms with Crippen molar-refractivity contribution in [1.29, 1.82) is 10.5 Å². The van der Waals surface area contributed by atoms with E-state index >= 15 is 8.78 Å². The Morgan fingerprint density at radius 3 is 1.56 bits per heavy atom. The first-order chi connectivity index (χ1) is 27.7. The van der Waals surface area contributed by atoms with Crippen LogP contribution >= 0.6 is 0 Å². The molecule has 0 aliphatic heterocycles. The summed E-state index contributed by atoms with van der Waals surface area (Å²) >= 11 is 0. The van der Waals surface area contributed by atoms with Crippen molar-refractivity contribution in [2.75, 3.05) is 0 Å². The molecule has 0 atom stereocenters. The summed E-state index contributed by atoms with van der Waals surface area (Å²) in [4.78, 5) is 15.6. The Labute approximate surface area is 321 Å². The van der Waals surface area contributed by atoms with Gasteiger partial charge in [0, 0.05) is 32.8 Å². The topological polar surface area (TPSA) is 86.2 Å². The SMILES string of the molecule is N#Cc1ccc(-c2nc3cc(-c4ccccc4)c4c5ccccc5nc(-c5cccc(-c6c(F)c(F)c(F)c(F)c6F)c5)c4c3nc2-c2ccc(C#N)cc2)cc1. The summed E-state index contributed by atoms with van der Waals surface area (Å²) in [6.07, 6.45) is 0. The van der Waals surface area contributed by atoms with Crippen molar-refractivity contribution in [3.05, 3.63) is 174 Å². The van der Waals surface area contributed by atoms with Gasteiger partial charge in [0.05, 0.1) is 62.5 Å². The summed E-state index contributed by atoms with van der Waals surface area (Å²) < 4.78 is 73.5. The van der Waals surface area contributed by atoms with Gasteiger partial charge in [0.2, 0.25) is 5.82 Å². The number of halogens is 5. The summed E-state index contributed by atoms with van der Waals surface area (Å²) in [5.74, 6) is -10.3. The van der Waals surface area contributed by atoms with Gasteiger partial charge >= 0.3 is 0 Å². The Morgan fingerprint density at radius 1 is 0.404 bits per heavy atom. The van der Waals surface area contributed by atoms with Gasteiger partial charge in [0.15, 0.2) is 23.3 Å². The fraction of sp³-hybridized carbons (Fsp3) is 0. The second-order valence-corrected chi connectivity index (χ2v) is 13.2. The van der Waals surface area contributed by atoms with Crippen LogP contribution in [0, 0.1) is 51.7 Å². The highest BCUT2D eigenvalue weighted by Crippen LogP contribution is 2.44. The van der Waals surface area contributed by atoms with Crippen LogP contribution < -0.4 is 0 Å². The summed E-state index contributed by atoms with van der Waals surface area (Å²) in [6.45, 7) is 0. The van der Waals surface area contributed by atoms with E-state index in [4.69, 9.17) is 15.0 Å². The van der Waals surface area contributed by atoms with Gasteiger partial charge in [-0.05, 0) is 59.2 Å². The molecule has 0 spiro atoms. The minimum absolute atomic E-state index is 0.251. The van der Waals surface area contributed by atoms with Gasteiger partial charge in [-0.15, -0.1) is 0 Å². The fourth-order valence-corrected chi connectivity index (χ4v) is 7.21. The Bertz CT molecular complexity index is 3160. The van der Waals surface area contributed by atoms with E-state index in [9.17, 15) is 23.7 Å². The predicted molar refractivity (Wildman–Crippen MR) is 209 cm³/mol. The van der Waals surface area contributed by atoms with Crippen LogP contribution in [0.2, 0.25) is 0 Å². The molecule has 270 valence electrons. The number of benzene rings is 7. The second kappa shape index (κ2) is 13.8. The molecule has 0 saturated heterocycles. The number of fused-ring (bicyclic) bond motifs is 5. The van der Waals surface area contributed by atoms with Crippen LogP contribution in [0.3, 0.4) is 0 Å². The number of aromatic nitrogens is 3. The number of hydrogen-bond acceptors (Lipinski definition) is 5. The number of nitriles is 2. The van der Waals surface area contributed by atoms with Crippen LogP contribution in [0.1, 0.15) is 11.1 Å². The molecule has 0 aliphatic carbocycles. The van der Waals surface area contributed by atoms with Crippen LogP contribution in [0.4, 0.5) is 22.0 Å². The molecular formula is C47H22F5N5. The van der Waals surface area contributed by atoms with Gasteiger partial charge in [-0.2, -0.15) is 10.5 Å². The fourth-order valence-electron chi connectivity index (χ4n) is 7.21. The first-order valence-electron chi connectivity index (χ1n) is 17.5. The van der Waals surface area contributed by atoms with Gasteiger partial charge in [0.1, 0.15) is 0 Å². The van der Waals surface area contributed by atoms with Crippen molar-refractivity contribution >= 4 is 32.7 Å². The highest BCUT2D eigenvalue weighted by molar-refractivity contribution is 6.25. The molecule has 57 heavy (non-hydrogen) atoms. The van der Waals surface area contributed by atoms with Crippen LogP contribution in [0.5, 0.6) is 0 Å².